The van der Waals surface area contributed by atoms with E-state index in [0.717, 1.165) is 6.08 Å². The predicted molar refractivity (Wildman–Crippen MR) is 56.6 cm³/mol. The van der Waals surface area contributed by atoms with Gasteiger partial charge in [-0.25, -0.2) is 4.57 Å². The predicted octanol–water partition coefficient (Wildman–Crippen LogP) is -0.473. The van der Waals surface area contributed by atoms with Crippen LogP contribution in [-0.2, 0) is 18.3 Å². The van der Waals surface area contributed by atoms with Crippen molar-refractivity contribution in [1.29, 1.82) is 0 Å². The molecule has 0 saturated carbocycles. The number of fused-ring (bicyclic) bond motifs is 1. The fourth-order valence-corrected chi connectivity index (χ4v) is 3.47. The number of ether oxygens (including phenoxy) is 1. The fraction of sp³-hybridized carbons (Fsp3) is 0.625. The van der Waals surface area contributed by atoms with Gasteiger partial charge in [0.2, 0.25) is 0 Å². The highest BCUT2D eigenvalue weighted by molar-refractivity contribution is 7.47. The number of halogens is 2. The molecule has 0 amide bonds. The Morgan fingerprint density at radius 3 is 2.83 bits per heavy atom. The quantitative estimate of drug-likeness (QED) is 0.404. The zero-order chi connectivity index (χ0) is 13.6. The Labute approximate surface area is 102 Å². The number of phosphoric ester groups is 1. The normalized spacial score (nSPS) is 46.6. The average Bonchev–Trinajstić information content (AvgIpc) is 2.67. The fourth-order valence-electron chi connectivity index (χ4n) is 2.13. The highest BCUT2D eigenvalue weighted by Crippen LogP contribution is 2.61. The van der Waals surface area contributed by atoms with Gasteiger partial charge in [-0.3, -0.25) is 9.05 Å². The molecule has 0 aliphatic carbocycles. The number of hydrogen-bond donors (Lipinski definition) is 2. The smallest absolute Gasteiger partial charge is 0.394 e. The lowest BCUT2D eigenvalue weighted by molar-refractivity contribution is -0.00512. The van der Waals surface area contributed by atoms with Crippen LogP contribution in [0.4, 0.5) is 8.78 Å². The van der Waals surface area contributed by atoms with Crippen molar-refractivity contribution < 1.29 is 37.1 Å². The first kappa shape index (κ1) is 13.9. The van der Waals surface area contributed by atoms with E-state index in [1.54, 1.807) is 5.73 Å². The molecule has 5 atom stereocenters. The summed E-state index contributed by atoms with van der Waals surface area (Å²) >= 11 is 0. The third kappa shape index (κ3) is 2.19. The first-order valence-corrected chi connectivity index (χ1v) is 6.57. The molecule has 2 heterocycles. The largest absolute Gasteiger partial charge is 0.473 e. The van der Waals surface area contributed by atoms with Crippen LogP contribution in [-0.4, -0.2) is 48.3 Å². The Hall–Kier alpha value is -0.525. The average molecular weight is 282 g/mol. The summed E-state index contributed by atoms with van der Waals surface area (Å²) in [4.78, 5) is 9.29. The van der Waals surface area contributed by atoms with Gasteiger partial charge in [0.15, 0.2) is 5.60 Å². The molecule has 10 heteroatoms. The number of rotatable bonds is 2. The maximum Gasteiger partial charge on any atom is 0.473 e. The van der Waals surface area contributed by atoms with Crippen LogP contribution < -0.4 is 0 Å². The zero-order valence-electron chi connectivity index (χ0n) is 9.25. The van der Waals surface area contributed by atoms with Crippen LogP contribution in [0, 0.1) is 0 Å². The first-order chi connectivity index (χ1) is 8.31. The van der Waals surface area contributed by atoms with Crippen LogP contribution in [0.25, 0.3) is 0 Å². The van der Waals surface area contributed by atoms with E-state index in [-0.39, 0.29) is 0 Å². The highest BCUT2D eigenvalue weighted by atomic mass is 31.2. The number of hydrogen-bond acceptors (Lipinski definition) is 5. The Balaban J connectivity index is 2.46. The second kappa shape index (κ2) is 4.54. The molecule has 2 fully saturated rings. The summed E-state index contributed by atoms with van der Waals surface area (Å²) in [7, 11) is -2.89. The van der Waals surface area contributed by atoms with Crippen molar-refractivity contribution in [3.8, 4) is 0 Å². The maximum absolute atomic E-state index is 12.1. The summed E-state index contributed by atoms with van der Waals surface area (Å²) in [5.41, 5.74) is -0.0298. The Morgan fingerprint density at radius 2 is 2.28 bits per heavy atom. The monoisotopic (exact) mass is 282 g/mol. The van der Waals surface area contributed by atoms with E-state index < -0.39 is 44.3 Å². The van der Waals surface area contributed by atoms with Gasteiger partial charge in [0.1, 0.15) is 20.1 Å². The SMILES string of the molecule is B[C@@H]1O[C@H](CO)C2OP(=O)(O)O[C@]21C=C=C(F)F. The lowest BCUT2D eigenvalue weighted by Gasteiger charge is -2.23. The zero-order valence-corrected chi connectivity index (χ0v) is 10.1. The van der Waals surface area contributed by atoms with Gasteiger partial charge < -0.3 is 14.7 Å². The van der Waals surface area contributed by atoms with Crippen molar-refractivity contribution in [3.63, 3.8) is 0 Å². The molecule has 0 aromatic rings. The minimum absolute atomic E-state index is 0.490. The molecule has 2 aliphatic heterocycles. The van der Waals surface area contributed by atoms with Crippen molar-refractivity contribution >= 4 is 15.7 Å². The van der Waals surface area contributed by atoms with Gasteiger partial charge in [0.25, 0.3) is 0 Å². The molecule has 2 unspecified atom stereocenters. The van der Waals surface area contributed by atoms with Crippen LogP contribution in [0.1, 0.15) is 0 Å². The van der Waals surface area contributed by atoms with Crippen LogP contribution in [0.3, 0.4) is 0 Å². The van der Waals surface area contributed by atoms with E-state index in [9.17, 15) is 18.2 Å². The topological polar surface area (TPSA) is 85.2 Å². The lowest BCUT2D eigenvalue weighted by atomic mass is 9.80. The summed E-state index contributed by atoms with van der Waals surface area (Å²) in [5, 5.41) is 9.07. The molecule has 0 aromatic carbocycles. The van der Waals surface area contributed by atoms with Crippen molar-refractivity contribution in [3.05, 3.63) is 17.9 Å². The lowest BCUT2D eigenvalue weighted by Crippen LogP contribution is -2.44. The summed E-state index contributed by atoms with van der Waals surface area (Å²) in [5.74, 6) is 0. The molecule has 0 radical (unpaired) electrons. The Bertz CT molecular complexity index is 463. The standard InChI is InChI=1S/C8H10BF2O6P/c9-7-8(2-1-5(10)11)6(4(3-12)15-7)16-18(13,14)17-8/h2,4,6-7,12H,3,9H2,(H,13,14)/t4-,6?,7-,8-/m1/s1. The molecule has 2 rings (SSSR count). The molecule has 2 aliphatic rings. The number of aliphatic hydroxyl groups is 1. The summed E-state index contributed by atoms with van der Waals surface area (Å²) in [6, 6.07) is -0.838. The minimum atomic E-state index is -4.35. The third-order valence-electron chi connectivity index (χ3n) is 2.90. The summed E-state index contributed by atoms with van der Waals surface area (Å²) in [6.45, 7) is -0.490. The van der Waals surface area contributed by atoms with E-state index >= 15 is 0 Å². The van der Waals surface area contributed by atoms with Crippen LogP contribution in [0.15, 0.2) is 17.9 Å². The van der Waals surface area contributed by atoms with Gasteiger partial charge in [-0.05, 0) is 0 Å². The van der Waals surface area contributed by atoms with Crippen molar-refractivity contribution in [2.24, 2.45) is 0 Å². The molecule has 0 spiro atoms. The van der Waals surface area contributed by atoms with Crippen molar-refractivity contribution in [2.45, 2.75) is 23.8 Å². The van der Waals surface area contributed by atoms with E-state index in [1.807, 2.05) is 0 Å². The summed E-state index contributed by atoms with van der Waals surface area (Å²) < 4.78 is 50.5. The van der Waals surface area contributed by atoms with Crippen LogP contribution in [0.5, 0.6) is 0 Å². The van der Waals surface area contributed by atoms with E-state index in [4.69, 9.17) is 18.9 Å². The van der Waals surface area contributed by atoms with Gasteiger partial charge in [0, 0.05) is 6.08 Å². The maximum atomic E-state index is 12.1. The Morgan fingerprint density at radius 1 is 1.61 bits per heavy atom. The van der Waals surface area contributed by atoms with E-state index in [0.29, 0.717) is 0 Å². The second-order valence-electron chi connectivity index (χ2n) is 3.99. The van der Waals surface area contributed by atoms with Crippen LogP contribution in [0.2, 0.25) is 0 Å². The Kier molecular flexibility index (Phi) is 3.51. The molecular weight excluding hydrogens is 272 g/mol. The van der Waals surface area contributed by atoms with Gasteiger partial charge in [0.05, 0.1) is 12.6 Å². The van der Waals surface area contributed by atoms with Gasteiger partial charge in [-0.1, -0.05) is 5.73 Å². The van der Waals surface area contributed by atoms with E-state index in [2.05, 4.69) is 0 Å². The molecule has 0 bridgehead atoms. The van der Waals surface area contributed by atoms with E-state index in [1.165, 1.54) is 7.85 Å². The number of aliphatic hydroxyl groups excluding tert-OH is 1. The number of phosphoric acid groups is 1. The molecular formula is C8H10BF2O6P. The molecule has 2 saturated heterocycles. The summed E-state index contributed by atoms with van der Waals surface area (Å²) in [6.07, 6.45) is -3.36. The first-order valence-electron chi connectivity index (χ1n) is 5.08. The van der Waals surface area contributed by atoms with Gasteiger partial charge >= 0.3 is 13.9 Å². The molecule has 100 valence electrons. The van der Waals surface area contributed by atoms with Crippen LogP contribution >= 0.6 is 7.82 Å². The molecule has 0 aromatic heterocycles. The molecule has 2 N–H and O–H groups in total. The minimum Gasteiger partial charge on any atom is -0.394 e. The molecule has 18 heavy (non-hydrogen) atoms. The molecule has 6 nitrogen and oxygen atoms in total. The van der Waals surface area contributed by atoms with Crippen molar-refractivity contribution in [1.82, 2.24) is 0 Å². The second-order valence-corrected chi connectivity index (χ2v) is 5.32. The van der Waals surface area contributed by atoms with Gasteiger partial charge in [-0.15, -0.1) is 0 Å². The third-order valence-corrected chi connectivity index (χ3v) is 3.94. The van der Waals surface area contributed by atoms with Gasteiger partial charge in [-0.2, -0.15) is 8.78 Å². The highest BCUT2D eigenvalue weighted by Gasteiger charge is 2.65. The van der Waals surface area contributed by atoms with Crippen molar-refractivity contribution in [2.75, 3.05) is 6.61 Å².